The SMILES string of the molecule is CCCN(CCC)S(=O)(=O)NCc1ccnc(OCc2ccccc2)c1. The van der Waals surface area contributed by atoms with Crippen LogP contribution in [0, 0.1) is 0 Å². The molecule has 0 saturated heterocycles. The van der Waals surface area contributed by atoms with Gasteiger partial charge in [-0.2, -0.15) is 17.4 Å². The van der Waals surface area contributed by atoms with E-state index in [1.807, 2.05) is 44.2 Å². The second-order valence-corrected chi connectivity index (χ2v) is 7.76. The van der Waals surface area contributed by atoms with Crippen molar-refractivity contribution >= 4 is 10.2 Å². The lowest BCUT2D eigenvalue weighted by Gasteiger charge is -2.21. The van der Waals surface area contributed by atoms with E-state index in [0.29, 0.717) is 25.6 Å². The van der Waals surface area contributed by atoms with Gasteiger partial charge in [0.05, 0.1) is 0 Å². The molecular formula is C19H27N3O3S. The van der Waals surface area contributed by atoms with Crippen LogP contribution in [-0.4, -0.2) is 30.8 Å². The maximum absolute atomic E-state index is 12.4. The van der Waals surface area contributed by atoms with Crippen molar-refractivity contribution in [3.8, 4) is 5.88 Å². The Morgan fingerprint density at radius 2 is 1.73 bits per heavy atom. The molecule has 0 radical (unpaired) electrons. The Kier molecular flexibility index (Phi) is 8.03. The van der Waals surface area contributed by atoms with Crippen LogP contribution in [0.1, 0.15) is 37.8 Å². The predicted molar refractivity (Wildman–Crippen MR) is 103 cm³/mol. The Labute approximate surface area is 156 Å². The molecule has 0 saturated carbocycles. The highest BCUT2D eigenvalue weighted by Gasteiger charge is 2.19. The number of nitrogens with one attached hydrogen (secondary N) is 1. The summed E-state index contributed by atoms with van der Waals surface area (Å²) in [6.45, 7) is 5.60. The lowest BCUT2D eigenvalue weighted by atomic mass is 10.2. The number of aromatic nitrogens is 1. The number of hydrogen-bond acceptors (Lipinski definition) is 4. The summed E-state index contributed by atoms with van der Waals surface area (Å²) in [4.78, 5) is 4.18. The van der Waals surface area contributed by atoms with Gasteiger partial charge in [0.1, 0.15) is 6.61 Å². The molecule has 0 bridgehead atoms. The molecule has 26 heavy (non-hydrogen) atoms. The lowest BCUT2D eigenvalue weighted by Crippen LogP contribution is -2.41. The molecule has 1 heterocycles. The average molecular weight is 378 g/mol. The van der Waals surface area contributed by atoms with Crippen LogP contribution in [0.25, 0.3) is 0 Å². The quantitative estimate of drug-likeness (QED) is 0.653. The molecule has 6 nitrogen and oxygen atoms in total. The first kappa shape index (κ1) is 20.4. The van der Waals surface area contributed by atoms with Crippen molar-refractivity contribution < 1.29 is 13.2 Å². The van der Waals surface area contributed by atoms with Crippen LogP contribution < -0.4 is 9.46 Å². The van der Waals surface area contributed by atoms with Crippen LogP contribution in [0.15, 0.2) is 48.7 Å². The molecular weight excluding hydrogens is 350 g/mol. The molecule has 0 fully saturated rings. The van der Waals surface area contributed by atoms with Crippen molar-refractivity contribution in [2.24, 2.45) is 0 Å². The van der Waals surface area contributed by atoms with Gasteiger partial charge in [0.25, 0.3) is 10.2 Å². The van der Waals surface area contributed by atoms with Crippen LogP contribution in [0.2, 0.25) is 0 Å². The zero-order valence-electron chi connectivity index (χ0n) is 15.4. The number of nitrogens with zero attached hydrogens (tertiary/aromatic N) is 2. The van der Waals surface area contributed by atoms with Gasteiger partial charge in [-0.15, -0.1) is 0 Å². The largest absolute Gasteiger partial charge is 0.473 e. The summed E-state index contributed by atoms with van der Waals surface area (Å²) in [5.74, 6) is 0.476. The second kappa shape index (κ2) is 10.3. The Balaban J connectivity index is 1.95. The molecule has 0 unspecified atom stereocenters. The second-order valence-electron chi connectivity index (χ2n) is 6.00. The summed E-state index contributed by atoms with van der Waals surface area (Å²) in [6, 6.07) is 13.4. The van der Waals surface area contributed by atoms with Crippen LogP contribution in [0.3, 0.4) is 0 Å². The van der Waals surface area contributed by atoms with Crippen molar-refractivity contribution in [1.82, 2.24) is 14.0 Å². The summed E-state index contributed by atoms with van der Waals surface area (Å²) in [5.41, 5.74) is 1.86. The Morgan fingerprint density at radius 1 is 1.04 bits per heavy atom. The van der Waals surface area contributed by atoms with Gasteiger partial charge in [-0.25, -0.2) is 4.98 Å². The Morgan fingerprint density at radius 3 is 2.38 bits per heavy atom. The van der Waals surface area contributed by atoms with E-state index in [9.17, 15) is 8.42 Å². The van der Waals surface area contributed by atoms with Gasteiger partial charge < -0.3 is 4.74 Å². The molecule has 7 heteroatoms. The van der Waals surface area contributed by atoms with E-state index in [1.54, 1.807) is 18.3 Å². The summed E-state index contributed by atoms with van der Waals surface area (Å²) >= 11 is 0. The summed E-state index contributed by atoms with van der Waals surface area (Å²) < 4.78 is 34.7. The fourth-order valence-electron chi connectivity index (χ4n) is 2.49. The molecule has 0 spiro atoms. The van der Waals surface area contributed by atoms with E-state index < -0.39 is 10.2 Å². The average Bonchev–Trinajstić information content (AvgIpc) is 2.66. The van der Waals surface area contributed by atoms with Crippen molar-refractivity contribution in [2.75, 3.05) is 13.1 Å². The van der Waals surface area contributed by atoms with Crippen molar-refractivity contribution in [3.05, 3.63) is 59.8 Å². The monoisotopic (exact) mass is 377 g/mol. The molecule has 0 aliphatic heterocycles. The first-order chi connectivity index (χ1) is 12.5. The molecule has 0 aliphatic rings. The summed E-state index contributed by atoms with van der Waals surface area (Å²) in [7, 11) is -3.49. The zero-order chi connectivity index (χ0) is 18.8. The molecule has 0 atom stereocenters. The molecule has 2 rings (SSSR count). The van der Waals surface area contributed by atoms with Crippen LogP contribution >= 0.6 is 0 Å². The topological polar surface area (TPSA) is 71.5 Å². The van der Waals surface area contributed by atoms with Gasteiger partial charge in [0.15, 0.2) is 0 Å². The maximum Gasteiger partial charge on any atom is 0.279 e. The van der Waals surface area contributed by atoms with Gasteiger partial charge in [0.2, 0.25) is 5.88 Å². The first-order valence-electron chi connectivity index (χ1n) is 8.91. The summed E-state index contributed by atoms with van der Waals surface area (Å²) in [5, 5.41) is 0. The maximum atomic E-state index is 12.4. The van der Waals surface area contributed by atoms with Crippen LogP contribution in [0.5, 0.6) is 5.88 Å². The summed E-state index contributed by atoms with van der Waals surface area (Å²) in [6.07, 6.45) is 3.20. The molecule has 1 aromatic carbocycles. The Bertz CT molecular complexity index is 761. The predicted octanol–water partition coefficient (Wildman–Crippen LogP) is 3.12. The van der Waals surface area contributed by atoms with Gasteiger partial charge in [-0.05, 0) is 30.0 Å². The third kappa shape index (κ3) is 6.40. The van der Waals surface area contributed by atoms with E-state index in [4.69, 9.17) is 4.74 Å². The van der Waals surface area contributed by atoms with Gasteiger partial charge >= 0.3 is 0 Å². The number of hydrogen-bond donors (Lipinski definition) is 1. The first-order valence-corrected chi connectivity index (χ1v) is 10.4. The van der Waals surface area contributed by atoms with E-state index in [0.717, 1.165) is 24.0 Å². The van der Waals surface area contributed by atoms with E-state index in [1.165, 1.54) is 4.31 Å². The third-order valence-corrected chi connectivity index (χ3v) is 5.33. The number of benzene rings is 1. The van der Waals surface area contributed by atoms with Crippen LogP contribution in [-0.2, 0) is 23.4 Å². The fourth-order valence-corrected chi connectivity index (χ4v) is 3.87. The van der Waals surface area contributed by atoms with Crippen molar-refractivity contribution in [3.63, 3.8) is 0 Å². The van der Waals surface area contributed by atoms with Gasteiger partial charge in [0, 0.05) is 31.9 Å². The Hall–Kier alpha value is -1.96. The zero-order valence-corrected chi connectivity index (χ0v) is 16.2. The molecule has 142 valence electrons. The minimum Gasteiger partial charge on any atom is -0.473 e. The number of rotatable bonds is 11. The highest BCUT2D eigenvalue weighted by Crippen LogP contribution is 2.12. The normalized spacial score (nSPS) is 11.7. The smallest absolute Gasteiger partial charge is 0.279 e. The third-order valence-electron chi connectivity index (χ3n) is 3.77. The molecule has 0 amide bonds. The standard InChI is InChI=1S/C19H27N3O3S/c1-3-12-22(13-4-2)26(23,24)21-15-18-10-11-20-19(14-18)25-16-17-8-6-5-7-9-17/h5-11,14,21H,3-4,12-13,15-16H2,1-2H3. The van der Waals surface area contributed by atoms with Gasteiger partial charge in [-0.1, -0.05) is 44.2 Å². The highest BCUT2D eigenvalue weighted by atomic mass is 32.2. The van der Waals surface area contributed by atoms with Gasteiger partial charge in [-0.3, -0.25) is 0 Å². The van der Waals surface area contributed by atoms with E-state index in [-0.39, 0.29) is 6.54 Å². The minimum absolute atomic E-state index is 0.205. The number of ether oxygens (including phenoxy) is 1. The molecule has 1 aromatic heterocycles. The lowest BCUT2D eigenvalue weighted by molar-refractivity contribution is 0.293. The van der Waals surface area contributed by atoms with Crippen molar-refractivity contribution in [2.45, 2.75) is 39.8 Å². The van der Waals surface area contributed by atoms with Crippen LogP contribution in [0.4, 0.5) is 0 Å². The fraction of sp³-hybridized carbons (Fsp3) is 0.421. The highest BCUT2D eigenvalue weighted by molar-refractivity contribution is 7.87. The number of pyridine rings is 1. The molecule has 0 aliphatic carbocycles. The van der Waals surface area contributed by atoms with Crippen molar-refractivity contribution in [1.29, 1.82) is 0 Å². The minimum atomic E-state index is -3.49. The van der Waals surface area contributed by atoms with E-state index in [2.05, 4.69) is 9.71 Å². The molecule has 2 aromatic rings. The van der Waals surface area contributed by atoms with E-state index >= 15 is 0 Å². The molecule has 1 N–H and O–H groups in total.